The fourth-order valence-corrected chi connectivity index (χ4v) is 5.48. The van der Waals surface area contributed by atoms with Crippen LogP contribution in [0, 0.1) is 6.92 Å². The van der Waals surface area contributed by atoms with Gasteiger partial charge in [0.2, 0.25) is 11.1 Å². The lowest BCUT2D eigenvalue weighted by Crippen LogP contribution is -2.21. The van der Waals surface area contributed by atoms with E-state index in [1.807, 2.05) is 6.07 Å². The Hall–Kier alpha value is -2.67. The van der Waals surface area contributed by atoms with Gasteiger partial charge in [-0.15, -0.1) is 5.10 Å². The summed E-state index contributed by atoms with van der Waals surface area (Å²) in [6, 6.07) is 5.06. The summed E-state index contributed by atoms with van der Waals surface area (Å²) in [6.45, 7) is 2.17. The van der Waals surface area contributed by atoms with E-state index in [1.165, 1.54) is 11.8 Å². The van der Waals surface area contributed by atoms with Crippen molar-refractivity contribution in [2.24, 2.45) is 0 Å². The standard InChI is InChI=1S/C16H19N7O4S2/c1-11-7-14(23(19-11)12-4-6-29(25,26)10-12)17-15(24)9-28-16-18-20-21-22(16)8-13-3-2-5-27-13/h2-3,5,7,12H,4,6,8-10H2,1H3,(H,17,24)/t12-/m1/s1. The van der Waals surface area contributed by atoms with Crippen LogP contribution in [0.5, 0.6) is 0 Å². The molecule has 154 valence electrons. The number of nitrogens with one attached hydrogen (secondary N) is 1. The van der Waals surface area contributed by atoms with Crippen molar-refractivity contribution in [2.75, 3.05) is 22.6 Å². The highest BCUT2D eigenvalue weighted by Crippen LogP contribution is 2.27. The molecule has 3 aromatic rings. The van der Waals surface area contributed by atoms with Gasteiger partial charge in [-0.05, 0) is 35.9 Å². The minimum Gasteiger partial charge on any atom is -0.467 e. The molecule has 1 saturated heterocycles. The first-order valence-electron chi connectivity index (χ1n) is 8.87. The number of furan rings is 1. The summed E-state index contributed by atoms with van der Waals surface area (Å²) in [5, 5.41) is 19.2. The largest absolute Gasteiger partial charge is 0.467 e. The first-order valence-corrected chi connectivity index (χ1v) is 11.7. The van der Waals surface area contributed by atoms with Crippen molar-refractivity contribution in [3.05, 3.63) is 35.9 Å². The molecule has 29 heavy (non-hydrogen) atoms. The van der Waals surface area contributed by atoms with Crippen molar-refractivity contribution >= 4 is 33.3 Å². The van der Waals surface area contributed by atoms with Gasteiger partial charge in [0.05, 0.1) is 35.3 Å². The zero-order valence-electron chi connectivity index (χ0n) is 15.6. The number of thioether (sulfide) groups is 1. The number of carbonyl (C=O) groups is 1. The normalized spacial score (nSPS) is 18.2. The molecule has 0 aromatic carbocycles. The number of amides is 1. The quantitative estimate of drug-likeness (QED) is 0.534. The second kappa shape index (κ2) is 7.99. The zero-order valence-corrected chi connectivity index (χ0v) is 17.2. The fraction of sp³-hybridized carbons (Fsp3) is 0.438. The first kappa shape index (κ1) is 19.6. The predicted octanol–water partition coefficient (Wildman–Crippen LogP) is 0.910. The van der Waals surface area contributed by atoms with E-state index >= 15 is 0 Å². The van der Waals surface area contributed by atoms with Crippen LogP contribution < -0.4 is 5.32 Å². The highest BCUT2D eigenvalue weighted by Gasteiger charge is 2.31. The van der Waals surface area contributed by atoms with Gasteiger partial charge < -0.3 is 9.73 Å². The molecule has 0 aliphatic carbocycles. The summed E-state index contributed by atoms with van der Waals surface area (Å²) < 4.78 is 32.0. The Kier molecular flexibility index (Phi) is 5.41. The molecule has 4 rings (SSSR count). The van der Waals surface area contributed by atoms with E-state index < -0.39 is 9.84 Å². The lowest BCUT2D eigenvalue weighted by Gasteiger charge is -2.13. The molecule has 1 fully saturated rings. The average molecular weight is 438 g/mol. The molecule has 1 aliphatic rings. The van der Waals surface area contributed by atoms with Crippen LogP contribution in [0.3, 0.4) is 0 Å². The molecule has 0 radical (unpaired) electrons. The molecular weight excluding hydrogens is 418 g/mol. The Morgan fingerprint density at radius 1 is 1.45 bits per heavy atom. The van der Waals surface area contributed by atoms with Crippen molar-refractivity contribution in [1.82, 2.24) is 30.0 Å². The van der Waals surface area contributed by atoms with Gasteiger partial charge in [-0.2, -0.15) is 5.10 Å². The Bertz CT molecular complexity index is 1100. The first-order chi connectivity index (χ1) is 13.9. The Morgan fingerprint density at radius 3 is 3.03 bits per heavy atom. The van der Waals surface area contributed by atoms with Gasteiger partial charge in [0.1, 0.15) is 18.1 Å². The van der Waals surface area contributed by atoms with Crippen molar-refractivity contribution in [3.63, 3.8) is 0 Å². The van der Waals surface area contributed by atoms with Gasteiger partial charge in [-0.3, -0.25) is 4.79 Å². The van der Waals surface area contributed by atoms with Crippen molar-refractivity contribution in [3.8, 4) is 0 Å². The maximum absolute atomic E-state index is 12.5. The number of nitrogens with zero attached hydrogens (tertiary/aromatic N) is 6. The van der Waals surface area contributed by atoms with E-state index in [2.05, 4.69) is 25.9 Å². The van der Waals surface area contributed by atoms with E-state index in [9.17, 15) is 13.2 Å². The highest BCUT2D eigenvalue weighted by atomic mass is 32.2. The molecule has 0 spiro atoms. The number of hydrogen-bond donors (Lipinski definition) is 1. The number of tetrazole rings is 1. The molecule has 1 amide bonds. The molecule has 4 heterocycles. The van der Waals surface area contributed by atoms with E-state index in [0.29, 0.717) is 35.4 Å². The van der Waals surface area contributed by atoms with E-state index in [4.69, 9.17) is 4.42 Å². The molecule has 0 bridgehead atoms. The number of hydrogen-bond acceptors (Lipinski definition) is 9. The fourth-order valence-electron chi connectivity index (χ4n) is 3.11. The molecular formula is C16H19N7O4S2. The molecule has 3 aromatic heterocycles. The smallest absolute Gasteiger partial charge is 0.235 e. The number of aryl methyl sites for hydroxylation is 1. The third-order valence-electron chi connectivity index (χ3n) is 4.40. The van der Waals surface area contributed by atoms with Gasteiger partial charge in [0, 0.05) is 6.07 Å². The topological polar surface area (TPSA) is 138 Å². The molecule has 0 unspecified atom stereocenters. The van der Waals surface area contributed by atoms with Gasteiger partial charge in [-0.1, -0.05) is 11.8 Å². The number of carbonyl (C=O) groups excluding carboxylic acids is 1. The third kappa shape index (κ3) is 4.67. The highest BCUT2D eigenvalue weighted by molar-refractivity contribution is 7.99. The summed E-state index contributed by atoms with van der Waals surface area (Å²) in [4.78, 5) is 12.5. The second-order valence-electron chi connectivity index (χ2n) is 6.71. The van der Waals surface area contributed by atoms with Gasteiger partial charge >= 0.3 is 0 Å². The maximum atomic E-state index is 12.5. The van der Waals surface area contributed by atoms with Crippen molar-refractivity contribution < 1.29 is 17.6 Å². The van der Waals surface area contributed by atoms with Crippen molar-refractivity contribution in [1.29, 1.82) is 0 Å². The number of anilines is 1. The minimum atomic E-state index is -3.06. The summed E-state index contributed by atoms with van der Waals surface area (Å²) in [5.41, 5.74) is 0.708. The van der Waals surface area contributed by atoms with Crippen LogP contribution in [-0.2, 0) is 21.2 Å². The van der Waals surface area contributed by atoms with E-state index in [0.717, 1.165) is 0 Å². The third-order valence-corrected chi connectivity index (χ3v) is 7.10. The Morgan fingerprint density at radius 2 is 2.31 bits per heavy atom. The summed E-state index contributed by atoms with van der Waals surface area (Å²) in [6.07, 6.45) is 2.06. The van der Waals surface area contributed by atoms with Crippen molar-refractivity contribution in [2.45, 2.75) is 31.1 Å². The lowest BCUT2D eigenvalue weighted by atomic mass is 10.3. The number of rotatable bonds is 7. The number of aromatic nitrogens is 6. The lowest BCUT2D eigenvalue weighted by molar-refractivity contribution is -0.113. The van der Waals surface area contributed by atoms with Gasteiger partial charge in [0.25, 0.3) is 0 Å². The molecule has 1 N–H and O–H groups in total. The minimum absolute atomic E-state index is 0.0350. The molecule has 1 atom stereocenters. The van der Waals surface area contributed by atoms with Crippen LogP contribution in [0.4, 0.5) is 5.82 Å². The van der Waals surface area contributed by atoms with Crippen LogP contribution in [0.15, 0.2) is 34.0 Å². The van der Waals surface area contributed by atoms with Crippen LogP contribution in [-0.4, -0.2) is 61.6 Å². The maximum Gasteiger partial charge on any atom is 0.235 e. The van der Waals surface area contributed by atoms with Crippen LogP contribution in [0.1, 0.15) is 23.9 Å². The van der Waals surface area contributed by atoms with Gasteiger partial charge in [0.15, 0.2) is 9.84 Å². The second-order valence-corrected chi connectivity index (χ2v) is 9.88. The Balaban J connectivity index is 1.38. The van der Waals surface area contributed by atoms with Crippen LogP contribution >= 0.6 is 11.8 Å². The summed E-state index contributed by atoms with van der Waals surface area (Å²) >= 11 is 1.20. The van der Waals surface area contributed by atoms with Crippen LogP contribution in [0.25, 0.3) is 0 Å². The number of sulfone groups is 1. The molecule has 0 saturated carbocycles. The van der Waals surface area contributed by atoms with Crippen LogP contribution in [0.2, 0.25) is 0 Å². The van der Waals surface area contributed by atoms with E-state index in [-0.39, 0.29) is 29.2 Å². The Labute approximate surface area is 170 Å². The zero-order chi connectivity index (χ0) is 20.4. The SMILES string of the molecule is Cc1cc(NC(=O)CSc2nnnn2Cc2ccco2)n([C@@H]2CCS(=O)(=O)C2)n1. The molecule has 11 nitrogen and oxygen atoms in total. The van der Waals surface area contributed by atoms with E-state index in [1.54, 1.807) is 34.7 Å². The predicted molar refractivity (Wildman–Crippen MR) is 104 cm³/mol. The van der Waals surface area contributed by atoms with Gasteiger partial charge in [-0.25, -0.2) is 17.8 Å². The molecule has 1 aliphatic heterocycles. The molecule has 13 heteroatoms. The average Bonchev–Trinajstić information content (AvgIpc) is 3.43. The monoisotopic (exact) mass is 437 g/mol. The summed E-state index contributed by atoms with van der Waals surface area (Å²) in [5.74, 6) is 1.20. The summed E-state index contributed by atoms with van der Waals surface area (Å²) in [7, 11) is -3.06.